The van der Waals surface area contributed by atoms with E-state index in [4.69, 9.17) is 4.74 Å². The van der Waals surface area contributed by atoms with Gasteiger partial charge in [0.25, 0.3) is 5.91 Å². The zero-order valence-corrected chi connectivity index (χ0v) is 14.5. The Morgan fingerprint density at radius 1 is 1.38 bits per heavy atom. The predicted octanol–water partition coefficient (Wildman–Crippen LogP) is 3.39. The number of amides is 1. The number of benzene rings is 2. The van der Waals surface area contributed by atoms with Gasteiger partial charge < -0.3 is 15.2 Å². The molecule has 0 fully saturated rings. The summed E-state index contributed by atoms with van der Waals surface area (Å²) in [6.45, 7) is 0.335. The Kier molecular flexibility index (Phi) is 5.99. The topological polar surface area (TPSA) is 82.3 Å². The van der Waals surface area contributed by atoms with Crippen LogP contribution < -0.4 is 10.1 Å². The molecule has 0 aliphatic carbocycles. The first kappa shape index (κ1) is 17.6. The van der Waals surface area contributed by atoms with Crippen LogP contribution in [-0.2, 0) is 11.3 Å². The van der Waals surface area contributed by atoms with Crippen molar-refractivity contribution in [3.05, 3.63) is 63.6 Å². The Morgan fingerprint density at radius 2 is 2.08 bits per heavy atom. The van der Waals surface area contributed by atoms with Crippen LogP contribution in [0.3, 0.4) is 0 Å². The molecule has 0 heterocycles. The highest BCUT2D eigenvalue weighted by molar-refractivity contribution is 9.10. The van der Waals surface area contributed by atoms with Crippen LogP contribution in [0.5, 0.6) is 11.5 Å². The van der Waals surface area contributed by atoms with Crippen molar-refractivity contribution in [1.29, 1.82) is 5.26 Å². The maximum Gasteiger partial charge on any atom is 0.262 e. The van der Waals surface area contributed by atoms with Crippen molar-refractivity contribution in [3.8, 4) is 17.6 Å². The maximum absolute atomic E-state index is 12.2. The molecule has 0 aliphatic rings. The summed E-state index contributed by atoms with van der Waals surface area (Å²) >= 11 is 3.21. The molecule has 2 N–H and O–H groups in total. The van der Waals surface area contributed by atoms with Crippen LogP contribution in [0.1, 0.15) is 11.1 Å². The van der Waals surface area contributed by atoms with E-state index in [9.17, 15) is 15.2 Å². The highest BCUT2D eigenvalue weighted by Gasteiger charge is 2.12. The largest absolute Gasteiger partial charge is 0.503 e. The Hall–Kier alpha value is -2.78. The molecule has 6 heteroatoms. The summed E-state index contributed by atoms with van der Waals surface area (Å²) in [5.74, 6) is -0.260. The van der Waals surface area contributed by atoms with E-state index in [1.54, 1.807) is 12.1 Å². The number of nitriles is 1. The Balaban J connectivity index is 2.18. The van der Waals surface area contributed by atoms with Crippen molar-refractivity contribution >= 4 is 27.9 Å². The number of hydrogen-bond acceptors (Lipinski definition) is 4. The molecular weight excluding hydrogens is 372 g/mol. The van der Waals surface area contributed by atoms with Crippen LogP contribution in [-0.4, -0.2) is 18.1 Å². The third kappa shape index (κ3) is 4.37. The van der Waals surface area contributed by atoms with E-state index in [1.807, 2.05) is 36.4 Å². The molecular formula is C18H15BrN2O3. The average molecular weight is 387 g/mol. The monoisotopic (exact) mass is 386 g/mol. The lowest BCUT2D eigenvalue weighted by molar-refractivity contribution is -0.117. The molecule has 2 aromatic rings. The summed E-state index contributed by atoms with van der Waals surface area (Å²) in [6.07, 6.45) is 1.44. The third-order valence-corrected chi connectivity index (χ3v) is 3.85. The molecule has 0 spiro atoms. The fourth-order valence-corrected chi connectivity index (χ4v) is 2.48. The first-order valence-corrected chi connectivity index (χ1v) is 7.85. The van der Waals surface area contributed by atoms with Crippen LogP contribution in [0.2, 0.25) is 0 Å². The fourth-order valence-electron chi connectivity index (χ4n) is 2.02. The quantitative estimate of drug-likeness (QED) is 0.609. The van der Waals surface area contributed by atoms with Crippen LogP contribution >= 0.6 is 15.9 Å². The molecule has 0 radical (unpaired) electrons. The highest BCUT2D eigenvalue weighted by atomic mass is 79.9. The molecule has 0 atom stereocenters. The molecule has 5 nitrogen and oxygen atoms in total. The average Bonchev–Trinajstić information content (AvgIpc) is 2.61. The first-order chi connectivity index (χ1) is 11.5. The molecule has 2 rings (SSSR count). The summed E-state index contributed by atoms with van der Waals surface area (Å²) < 4.78 is 5.47. The van der Waals surface area contributed by atoms with E-state index in [1.165, 1.54) is 13.2 Å². The number of rotatable bonds is 5. The number of carbonyl (C=O) groups excluding carboxylic acids is 1. The van der Waals surface area contributed by atoms with Crippen LogP contribution in [0, 0.1) is 11.3 Å². The van der Waals surface area contributed by atoms with Gasteiger partial charge in [-0.2, -0.15) is 5.26 Å². The fraction of sp³-hybridized carbons (Fsp3) is 0.111. The number of phenolic OH excluding ortho intramolecular Hbond substituents is 1. The second-order valence-electron chi connectivity index (χ2n) is 4.89. The van der Waals surface area contributed by atoms with Gasteiger partial charge in [-0.25, -0.2) is 0 Å². The molecule has 0 unspecified atom stereocenters. The standard InChI is InChI=1S/C18H15BrN2O3/c1-24-16-9-13(8-15(19)17(16)22)7-14(10-20)18(23)21-11-12-5-3-2-4-6-12/h2-9,22H,11H2,1H3,(H,21,23). The van der Waals surface area contributed by atoms with E-state index < -0.39 is 5.91 Å². The molecule has 0 aromatic heterocycles. The van der Waals surface area contributed by atoms with Gasteiger partial charge in [-0.15, -0.1) is 0 Å². The molecule has 0 bridgehead atoms. The molecule has 2 aromatic carbocycles. The van der Waals surface area contributed by atoms with Crippen molar-refractivity contribution in [2.24, 2.45) is 0 Å². The Morgan fingerprint density at radius 3 is 2.71 bits per heavy atom. The Labute approximate surface area is 148 Å². The van der Waals surface area contributed by atoms with Gasteiger partial charge in [0.05, 0.1) is 11.6 Å². The smallest absolute Gasteiger partial charge is 0.262 e. The van der Waals surface area contributed by atoms with Gasteiger partial charge in [-0.3, -0.25) is 4.79 Å². The van der Waals surface area contributed by atoms with E-state index in [-0.39, 0.29) is 17.1 Å². The number of methoxy groups -OCH3 is 1. The maximum atomic E-state index is 12.2. The Bertz CT molecular complexity index is 811. The van der Waals surface area contributed by atoms with Crippen LogP contribution in [0.15, 0.2) is 52.5 Å². The second-order valence-corrected chi connectivity index (χ2v) is 5.75. The van der Waals surface area contributed by atoms with Crippen LogP contribution in [0.4, 0.5) is 0 Å². The first-order valence-electron chi connectivity index (χ1n) is 7.05. The minimum Gasteiger partial charge on any atom is -0.503 e. The SMILES string of the molecule is COc1cc(C=C(C#N)C(=O)NCc2ccccc2)cc(Br)c1O. The third-order valence-electron chi connectivity index (χ3n) is 3.24. The van der Waals surface area contributed by atoms with E-state index in [0.717, 1.165) is 5.56 Å². The van der Waals surface area contributed by atoms with Gasteiger partial charge >= 0.3 is 0 Å². The molecule has 0 aliphatic heterocycles. The van der Waals surface area contributed by atoms with Gasteiger partial charge in [-0.05, 0) is 45.3 Å². The van der Waals surface area contributed by atoms with Crippen molar-refractivity contribution in [2.75, 3.05) is 7.11 Å². The highest BCUT2D eigenvalue weighted by Crippen LogP contribution is 2.35. The summed E-state index contributed by atoms with van der Waals surface area (Å²) in [6, 6.07) is 14.4. The molecule has 1 amide bonds. The van der Waals surface area contributed by atoms with Gasteiger partial charge in [-0.1, -0.05) is 30.3 Å². The zero-order chi connectivity index (χ0) is 17.5. The normalized spacial score (nSPS) is 10.8. The number of phenols is 1. The predicted molar refractivity (Wildman–Crippen MR) is 94.2 cm³/mol. The number of nitrogens with one attached hydrogen (secondary N) is 1. The summed E-state index contributed by atoms with van der Waals surface area (Å²) in [7, 11) is 1.42. The number of hydrogen-bond donors (Lipinski definition) is 2. The van der Waals surface area contributed by atoms with Gasteiger partial charge in [0, 0.05) is 6.54 Å². The lowest BCUT2D eigenvalue weighted by Crippen LogP contribution is -2.23. The minimum atomic E-state index is -0.468. The van der Waals surface area contributed by atoms with E-state index in [2.05, 4.69) is 21.2 Å². The lowest BCUT2D eigenvalue weighted by Gasteiger charge is -2.07. The molecule has 0 saturated heterocycles. The van der Waals surface area contributed by atoms with E-state index in [0.29, 0.717) is 16.6 Å². The van der Waals surface area contributed by atoms with Crippen molar-refractivity contribution < 1.29 is 14.6 Å². The number of nitrogens with zero attached hydrogens (tertiary/aromatic N) is 1. The molecule has 0 saturated carbocycles. The van der Waals surface area contributed by atoms with Gasteiger partial charge in [0.15, 0.2) is 11.5 Å². The van der Waals surface area contributed by atoms with Crippen LogP contribution in [0.25, 0.3) is 6.08 Å². The number of ether oxygens (including phenoxy) is 1. The second kappa shape index (κ2) is 8.18. The lowest BCUT2D eigenvalue weighted by atomic mass is 10.1. The van der Waals surface area contributed by atoms with Crippen molar-refractivity contribution in [1.82, 2.24) is 5.32 Å². The summed E-state index contributed by atoms with van der Waals surface area (Å²) in [4.78, 5) is 12.2. The number of aromatic hydroxyl groups is 1. The van der Waals surface area contributed by atoms with Crippen molar-refractivity contribution in [2.45, 2.75) is 6.54 Å². The summed E-state index contributed by atoms with van der Waals surface area (Å²) in [5, 5.41) is 21.7. The zero-order valence-electron chi connectivity index (χ0n) is 12.9. The molecule has 122 valence electrons. The minimum absolute atomic E-state index is 0.0365. The van der Waals surface area contributed by atoms with Gasteiger partial charge in [0.1, 0.15) is 11.6 Å². The van der Waals surface area contributed by atoms with E-state index >= 15 is 0 Å². The summed E-state index contributed by atoms with van der Waals surface area (Å²) in [5.41, 5.74) is 1.46. The van der Waals surface area contributed by atoms with Crippen molar-refractivity contribution in [3.63, 3.8) is 0 Å². The number of halogens is 1. The number of carbonyl (C=O) groups is 1. The van der Waals surface area contributed by atoms with Gasteiger partial charge in [0.2, 0.25) is 0 Å². The molecule has 24 heavy (non-hydrogen) atoms.